The first-order valence-electron chi connectivity index (χ1n) is 12.2. The third-order valence-electron chi connectivity index (χ3n) is 7.32. The molecule has 1 aromatic heterocycles. The van der Waals surface area contributed by atoms with Crippen LogP contribution in [0.25, 0.3) is 0 Å². The molecule has 2 fully saturated rings. The van der Waals surface area contributed by atoms with Crippen molar-refractivity contribution < 1.29 is 14.6 Å². The number of nitrogens with one attached hydrogen (secondary N) is 1. The Morgan fingerprint density at radius 1 is 1.03 bits per heavy atom. The van der Waals surface area contributed by atoms with Crippen LogP contribution in [0, 0.1) is 11.8 Å². The van der Waals surface area contributed by atoms with E-state index in [0.717, 1.165) is 70.2 Å². The maximum Gasteiger partial charge on any atom is 0.343 e. The third kappa shape index (κ3) is 5.38. The van der Waals surface area contributed by atoms with Crippen molar-refractivity contribution in [3.05, 3.63) is 66.0 Å². The van der Waals surface area contributed by atoms with Gasteiger partial charge in [-0.1, -0.05) is 55.7 Å². The van der Waals surface area contributed by atoms with Gasteiger partial charge in [0.2, 0.25) is 0 Å². The summed E-state index contributed by atoms with van der Waals surface area (Å²) in [5.41, 5.74) is 0.00913. The molecule has 5 heteroatoms. The summed E-state index contributed by atoms with van der Waals surface area (Å²) in [7, 11) is 0. The highest BCUT2D eigenvalue weighted by atomic mass is 16.5. The lowest BCUT2D eigenvalue weighted by Crippen LogP contribution is -2.45. The van der Waals surface area contributed by atoms with Crippen LogP contribution in [0.4, 0.5) is 0 Å². The standard InChI is InChI=1S/C27H36N2O3/c30-26(27(31,23-9-3-1-4-10-23)24-11-5-2-6-12-24)32-20-22(25-13-7-8-16-29-25)19-21-14-17-28-18-15-21/h1,3-4,7-10,13,16,21-22,24,28,31H,2,5-6,11-12,14-15,17-20H2. The number of benzene rings is 1. The molecule has 1 aliphatic heterocycles. The number of aliphatic hydroxyl groups is 1. The number of ether oxygens (including phenoxy) is 1. The summed E-state index contributed by atoms with van der Waals surface area (Å²) in [4.78, 5) is 18.1. The summed E-state index contributed by atoms with van der Waals surface area (Å²) in [6.45, 7) is 2.32. The van der Waals surface area contributed by atoms with Crippen LogP contribution in [0.15, 0.2) is 54.7 Å². The molecule has 4 rings (SSSR count). The fourth-order valence-corrected chi connectivity index (χ4v) is 5.43. The molecule has 2 unspecified atom stereocenters. The first-order chi connectivity index (χ1) is 15.7. The van der Waals surface area contributed by atoms with Gasteiger partial charge in [-0.3, -0.25) is 4.98 Å². The molecular formula is C27H36N2O3. The number of hydrogen-bond donors (Lipinski definition) is 2. The minimum Gasteiger partial charge on any atom is -0.463 e. The van der Waals surface area contributed by atoms with Crippen LogP contribution in [0.3, 0.4) is 0 Å². The van der Waals surface area contributed by atoms with Crippen LogP contribution < -0.4 is 5.32 Å². The van der Waals surface area contributed by atoms with E-state index in [-0.39, 0.29) is 18.4 Å². The van der Waals surface area contributed by atoms with Crippen molar-refractivity contribution in [2.24, 2.45) is 11.8 Å². The van der Waals surface area contributed by atoms with Crippen LogP contribution in [0.1, 0.15) is 68.5 Å². The Morgan fingerprint density at radius 3 is 2.44 bits per heavy atom. The molecule has 1 aliphatic carbocycles. The van der Waals surface area contributed by atoms with Crippen LogP contribution in [0.2, 0.25) is 0 Å². The van der Waals surface area contributed by atoms with Crippen molar-refractivity contribution in [2.45, 2.75) is 62.9 Å². The predicted octanol–water partition coefficient (Wildman–Crippen LogP) is 4.57. The van der Waals surface area contributed by atoms with E-state index in [2.05, 4.69) is 10.3 Å². The molecule has 0 spiro atoms. The van der Waals surface area contributed by atoms with Crippen molar-refractivity contribution in [1.82, 2.24) is 10.3 Å². The molecule has 0 bridgehead atoms. The van der Waals surface area contributed by atoms with Gasteiger partial charge in [0.1, 0.15) is 0 Å². The predicted molar refractivity (Wildman–Crippen MR) is 125 cm³/mol. The molecule has 5 nitrogen and oxygen atoms in total. The fraction of sp³-hybridized carbons (Fsp3) is 0.556. The molecule has 2 atom stereocenters. The average molecular weight is 437 g/mol. The van der Waals surface area contributed by atoms with Gasteiger partial charge in [-0.15, -0.1) is 0 Å². The number of aromatic nitrogens is 1. The van der Waals surface area contributed by atoms with Crippen molar-refractivity contribution >= 4 is 5.97 Å². The summed E-state index contributed by atoms with van der Waals surface area (Å²) >= 11 is 0. The topological polar surface area (TPSA) is 71.5 Å². The largest absolute Gasteiger partial charge is 0.463 e. The number of rotatable bonds is 8. The molecule has 1 saturated carbocycles. The molecule has 2 heterocycles. The van der Waals surface area contributed by atoms with Gasteiger partial charge < -0.3 is 15.2 Å². The van der Waals surface area contributed by atoms with Gasteiger partial charge in [0.15, 0.2) is 5.60 Å². The lowest BCUT2D eigenvalue weighted by atomic mass is 9.73. The summed E-state index contributed by atoms with van der Waals surface area (Å²) in [5, 5.41) is 15.2. The molecule has 2 aromatic rings. The van der Waals surface area contributed by atoms with Gasteiger partial charge in [0.25, 0.3) is 0 Å². The van der Waals surface area contributed by atoms with E-state index < -0.39 is 11.6 Å². The number of pyridine rings is 1. The van der Waals surface area contributed by atoms with Crippen LogP contribution in [-0.4, -0.2) is 35.8 Å². The molecule has 2 N–H and O–H groups in total. The van der Waals surface area contributed by atoms with Gasteiger partial charge in [-0.2, -0.15) is 0 Å². The summed E-state index contributed by atoms with van der Waals surface area (Å²) < 4.78 is 5.93. The highest BCUT2D eigenvalue weighted by Crippen LogP contribution is 2.40. The quantitative estimate of drug-likeness (QED) is 0.593. The Labute approximate surface area is 191 Å². The van der Waals surface area contributed by atoms with Gasteiger partial charge in [0.05, 0.1) is 6.61 Å². The molecule has 1 aromatic carbocycles. The summed E-state index contributed by atoms with van der Waals surface area (Å²) in [6.07, 6.45) is 9.94. The van der Waals surface area contributed by atoms with E-state index >= 15 is 0 Å². The van der Waals surface area contributed by atoms with Gasteiger partial charge in [-0.25, -0.2) is 4.79 Å². The Morgan fingerprint density at radius 2 is 1.75 bits per heavy atom. The van der Waals surface area contributed by atoms with Gasteiger partial charge in [-0.05, 0) is 68.8 Å². The van der Waals surface area contributed by atoms with Crippen LogP contribution in [0.5, 0.6) is 0 Å². The molecule has 2 aliphatic rings. The van der Waals surface area contributed by atoms with Crippen LogP contribution >= 0.6 is 0 Å². The van der Waals surface area contributed by atoms with E-state index in [1.807, 2.05) is 48.5 Å². The maximum atomic E-state index is 13.5. The van der Waals surface area contributed by atoms with Crippen molar-refractivity contribution in [2.75, 3.05) is 19.7 Å². The monoisotopic (exact) mass is 436 g/mol. The van der Waals surface area contributed by atoms with Crippen LogP contribution in [-0.2, 0) is 15.1 Å². The molecule has 32 heavy (non-hydrogen) atoms. The molecule has 172 valence electrons. The normalized spacial score (nSPS) is 20.9. The minimum atomic E-state index is -1.59. The van der Waals surface area contributed by atoms with E-state index in [4.69, 9.17) is 4.74 Å². The number of carbonyl (C=O) groups excluding carboxylic acids is 1. The second-order valence-corrected chi connectivity index (χ2v) is 9.45. The van der Waals surface area contributed by atoms with Crippen molar-refractivity contribution in [3.63, 3.8) is 0 Å². The molecule has 0 amide bonds. The highest BCUT2D eigenvalue weighted by molar-refractivity contribution is 5.81. The number of carbonyl (C=O) groups is 1. The molecule has 0 radical (unpaired) electrons. The minimum absolute atomic E-state index is 0.0367. The number of hydrogen-bond acceptors (Lipinski definition) is 5. The third-order valence-corrected chi connectivity index (χ3v) is 7.32. The lowest BCUT2D eigenvalue weighted by molar-refractivity contribution is -0.176. The Kier molecular flexibility index (Phi) is 7.93. The summed E-state index contributed by atoms with van der Waals surface area (Å²) in [5.74, 6) is 0.00801. The lowest BCUT2D eigenvalue weighted by Gasteiger charge is -2.37. The zero-order valence-electron chi connectivity index (χ0n) is 18.9. The Bertz CT molecular complexity index is 832. The van der Waals surface area contributed by atoms with E-state index in [1.54, 1.807) is 6.20 Å². The van der Waals surface area contributed by atoms with E-state index in [0.29, 0.717) is 11.5 Å². The average Bonchev–Trinajstić information content (AvgIpc) is 2.88. The first-order valence-corrected chi connectivity index (χ1v) is 12.2. The first kappa shape index (κ1) is 22.9. The van der Waals surface area contributed by atoms with Crippen molar-refractivity contribution in [1.29, 1.82) is 0 Å². The van der Waals surface area contributed by atoms with Gasteiger partial charge >= 0.3 is 5.97 Å². The second-order valence-electron chi connectivity index (χ2n) is 9.45. The zero-order valence-corrected chi connectivity index (χ0v) is 18.9. The number of piperidine rings is 1. The Balaban J connectivity index is 1.51. The summed E-state index contributed by atoms with van der Waals surface area (Å²) in [6, 6.07) is 15.3. The number of nitrogens with zero attached hydrogens (tertiary/aromatic N) is 1. The molecule has 1 saturated heterocycles. The van der Waals surface area contributed by atoms with Gasteiger partial charge in [0, 0.05) is 23.7 Å². The smallest absolute Gasteiger partial charge is 0.343 e. The molecular weight excluding hydrogens is 400 g/mol. The highest BCUT2D eigenvalue weighted by Gasteiger charge is 2.47. The maximum absolute atomic E-state index is 13.5. The fourth-order valence-electron chi connectivity index (χ4n) is 5.43. The van der Waals surface area contributed by atoms with Crippen molar-refractivity contribution in [3.8, 4) is 0 Å². The van der Waals surface area contributed by atoms with E-state index in [9.17, 15) is 9.90 Å². The Hall–Kier alpha value is -2.24. The van der Waals surface area contributed by atoms with E-state index in [1.165, 1.54) is 0 Å². The number of esters is 1. The second kappa shape index (κ2) is 11.1. The SMILES string of the molecule is O=C(OCC(CC1CCNCC1)c1ccccn1)C(O)(c1ccccc1)C1CCCCC1. The zero-order chi connectivity index (χ0) is 22.2.